The molecule has 126 valence electrons. The predicted octanol–water partition coefficient (Wildman–Crippen LogP) is 4.67. The molecule has 3 aromatic rings. The molecule has 2 aliphatic rings. The first-order valence-electron chi connectivity index (χ1n) is 9.15. The Balaban J connectivity index is 1.75. The van der Waals surface area contributed by atoms with Crippen molar-refractivity contribution in [1.82, 2.24) is 14.5 Å². The maximum Gasteiger partial charge on any atom is 0.0529 e. The molecule has 2 bridgehead atoms. The van der Waals surface area contributed by atoms with Crippen LogP contribution in [0.4, 0.5) is 0 Å². The number of aryl methyl sites for hydroxylation is 1. The summed E-state index contributed by atoms with van der Waals surface area (Å²) in [5.74, 6) is 0.698. The van der Waals surface area contributed by atoms with E-state index in [1.165, 1.54) is 52.8 Å². The summed E-state index contributed by atoms with van der Waals surface area (Å²) in [7, 11) is 0. The average molecular weight is 329 g/mol. The molecule has 1 aromatic carbocycles. The van der Waals surface area contributed by atoms with Gasteiger partial charge in [-0.1, -0.05) is 11.6 Å². The lowest BCUT2D eigenvalue weighted by Gasteiger charge is -2.24. The molecular formula is C22H23N3. The maximum absolute atomic E-state index is 4.14. The Morgan fingerprint density at radius 1 is 1.20 bits per heavy atom. The summed E-state index contributed by atoms with van der Waals surface area (Å²) in [5, 5.41) is 1.46. The number of rotatable bonds is 2. The molecule has 2 aromatic heterocycles. The molecule has 25 heavy (non-hydrogen) atoms. The quantitative estimate of drug-likeness (QED) is 0.681. The van der Waals surface area contributed by atoms with Crippen molar-refractivity contribution in [1.29, 1.82) is 0 Å². The molecule has 2 aliphatic heterocycles. The zero-order chi connectivity index (χ0) is 17.0. The Bertz CT molecular complexity index is 981. The lowest BCUT2D eigenvalue weighted by atomic mass is 9.93. The van der Waals surface area contributed by atoms with Crippen molar-refractivity contribution in [2.75, 3.05) is 13.1 Å². The van der Waals surface area contributed by atoms with Crippen LogP contribution < -0.4 is 0 Å². The molecule has 3 heteroatoms. The van der Waals surface area contributed by atoms with Gasteiger partial charge in [0.05, 0.1) is 5.52 Å². The van der Waals surface area contributed by atoms with Crippen molar-refractivity contribution < 1.29 is 0 Å². The van der Waals surface area contributed by atoms with Gasteiger partial charge in [0, 0.05) is 48.7 Å². The Hall–Kier alpha value is -2.39. The minimum atomic E-state index is 0.698. The van der Waals surface area contributed by atoms with Gasteiger partial charge < -0.3 is 4.57 Å². The van der Waals surface area contributed by atoms with E-state index in [9.17, 15) is 0 Å². The van der Waals surface area contributed by atoms with Gasteiger partial charge in [-0.15, -0.1) is 0 Å². The summed E-state index contributed by atoms with van der Waals surface area (Å²) in [6, 6.07) is 11.1. The van der Waals surface area contributed by atoms with E-state index in [-0.39, 0.29) is 0 Å². The fourth-order valence-electron chi connectivity index (χ4n) is 4.58. The first-order chi connectivity index (χ1) is 12.2. The van der Waals surface area contributed by atoms with Gasteiger partial charge in [-0.05, 0) is 67.8 Å². The number of hydrogen-bond acceptors (Lipinski definition) is 2. The highest BCUT2D eigenvalue weighted by Crippen LogP contribution is 2.42. The van der Waals surface area contributed by atoms with Crippen molar-refractivity contribution in [3.63, 3.8) is 0 Å². The number of allylic oxidation sites excluding steroid dienone is 1. The molecule has 3 nitrogen and oxygen atoms in total. The molecule has 2 atom stereocenters. The van der Waals surface area contributed by atoms with Crippen LogP contribution >= 0.6 is 0 Å². The van der Waals surface area contributed by atoms with Crippen LogP contribution in [0.25, 0.3) is 22.7 Å². The highest BCUT2D eigenvalue weighted by molar-refractivity contribution is 5.91. The average Bonchev–Trinajstić information content (AvgIpc) is 3.15. The Morgan fingerprint density at radius 2 is 2.04 bits per heavy atom. The maximum atomic E-state index is 4.14. The Morgan fingerprint density at radius 3 is 2.88 bits per heavy atom. The Labute approximate surface area is 148 Å². The van der Waals surface area contributed by atoms with E-state index in [0.29, 0.717) is 5.92 Å². The molecule has 0 N–H and O–H groups in total. The summed E-state index contributed by atoms with van der Waals surface area (Å²) in [6.07, 6.45) is 7.35. The molecule has 0 spiro atoms. The van der Waals surface area contributed by atoms with Crippen molar-refractivity contribution in [3.8, 4) is 0 Å². The van der Waals surface area contributed by atoms with Gasteiger partial charge in [0.2, 0.25) is 0 Å². The smallest absolute Gasteiger partial charge is 0.0529 e. The van der Waals surface area contributed by atoms with Crippen molar-refractivity contribution in [3.05, 3.63) is 65.1 Å². The second-order valence-corrected chi connectivity index (χ2v) is 7.52. The van der Waals surface area contributed by atoms with Crippen molar-refractivity contribution in [2.45, 2.75) is 32.7 Å². The van der Waals surface area contributed by atoms with Crippen LogP contribution in [-0.4, -0.2) is 27.5 Å². The summed E-state index contributed by atoms with van der Waals surface area (Å²) >= 11 is 0. The standard InChI is InChI=1S/C22H23N3/c1-15-3-4-20-19(11-15)22-18-7-10-24(13-18)14-21(22)25(20)12-16(2)17-5-8-23-9-6-17/h3-6,8-9,11-12,18H,7,10,13-14H2,1-2H3/b16-12+. The van der Waals surface area contributed by atoms with Crippen LogP contribution in [0.1, 0.15) is 41.6 Å². The second kappa shape index (κ2) is 5.57. The van der Waals surface area contributed by atoms with E-state index in [1.807, 2.05) is 12.4 Å². The third-order valence-corrected chi connectivity index (χ3v) is 5.82. The SMILES string of the molecule is C/C(=C\n1c2c(c3cc(C)ccc31)C1CCN(C2)C1)c1ccncc1. The second-order valence-electron chi connectivity index (χ2n) is 7.52. The zero-order valence-corrected chi connectivity index (χ0v) is 14.9. The van der Waals surface area contributed by atoms with E-state index < -0.39 is 0 Å². The third-order valence-electron chi connectivity index (χ3n) is 5.82. The van der Waals surface area contributed by atoms with E-state index in [4.69, 9.17) is 0 Å². The van der Waals surface area contributed by atoms with Crippen molar-refractivity contribution in [2.24, 2.45) is 0 Å². The normalized spacial score (nSPS) is 22.4. The molecule has 1 saturated heterocycles. The van der Waals surface area contributed by atoms with Crippen molar-refractivity contribution >= 4 is 22.7 Å². The first kappa shape index (κ1) is 14.9. The van der Waals surface area contributed by atoms with Crippen LogP contribution in [0.5, 0.6) is 0 Å². The van der Waals surface area contributed by atoms with E-state index in [2.05, 4.69) is 64.8 Å². The molecular weight excluding hydrogens is 306 g/mol. The topological polar surface area (TPSA) is 21.1 Å². The molecule has 2 unspecified atom stereocenters. The summed E-state index contributed by atoms with van der Waals surface area (Å²) < 4.78 is 2.45. The van der Waals surface area contributed by atoms with E-state index >= 15 is 0 Å². The molecule has 1 fully saturated rings. The first-order valence-corrected chi connectivity index (χ1v) is 9.15. The zero-order valence-electron chi connectivity index (χ0n) is 14.9. The highest BCUT2D eigenvalue weighted by atomic mass is 15.2. The summed E-state index contributed by atoms with van der Waals surface area (Å²) in [4.78, 5) is 6.74. The van der Waals surface area contributed by atoms with Gasteiger partial charge >= 0.3 is 0 Å². The molecule has 0 amide bonds. The van der Waals surface area contributed by atoms with Crippen LogP contribution in [0.2, 0.25) is 0 Å². The summed E-state index contributed by atoms with van der Waals surface area (Å²) in [6.45, 7) is 7.93. The fraction of sp³-hybridized carbons (Fsp3) is 0.318. The van der Waals surface area contributed by atoms with Gasteiger partial charge in [-0.2, -0.15) is 0 Å². The predicted molar refractivity (Wildman–Crippen MR) is 103 cm³/mol. The van der Waals surface area contributed by atoms with Gasteiger partial charge in [0.1, 0.15) is 0 Å². The molecule has 0 radical (unpaired) electrons. The van der Waals surface area contributed by atoms with Gasteiger partial charge in [-0.25, -0.2) is 0 Å². The van der Waals surface area contributed by atoms with Crippen LogP contribution in [0.15, 0.2) is 42.7 Å². The number of nitrogens with zero attached hydrogens (tertiary/aromatic N) is 3. The lowest BCUT2D eigenvalue weighted by Crippen LogP contribution is -2.25. The van der Waals surface area contributed by atoms with Gasteiger partial charge in [-0.3, -0.25) is 9.88 Å². The molecule has 5 rings (SSSR count). The molecule has 4 heterocycles. The van der Waals surface area contributed by atoms with E-state index in [0.717, 1.165) is 6.54 Å². The van der Waals surface area contributed by atoms with Gasteiger partial charge in [0.25, 0.3) is 0 Å². The number of aromatic nitrogens is 2. The van der Waals surface area contributed by atoms with Crippen LogP contribution in [0.3, 0.4) is 0 Å². The van der Waals surface area contributed by atoms with Crippen LogP contribution in [0, 0.1) is 6.92 Å². The monoisotopic (exact) mass is 329 g/mol. The lowest BCUT2D eigenvalue weighted by molar-refractivity contribution is 0.308. The molecule has 0 aliphatic carbocycles. The van der Waals surface area contributed by atoms with Crippen LogP contribution in [-0.2, 0) is 6.54 Å². The number of benzene rings is 1. The fourth-order valence-corrected chi connectivity index (χ4v) is 4.58. The van der Waals surface area contributed by atoms with Gasteiger partial charge in [0.15, 0.2) is 0 Å². The highest BCUT2D eigenvalue weighted by Gasteiger charge is 2.35. The van der Waals surface area contributed by atoms with E-state index in [1.54, 1.807) is 5.56 Å². The third kappa shape index (κ3) is 2.34. The molecule has 0 saturated carbocycles. The minimum Gasteiger partial charge on any atom is -0.318 e. The summed E-state index contributed by atoms with van der Waals surface area (Å²) in [5.41, 5.74) is 8.29. The number of fused-ring (bicyclic) bond motifs is 6. The number of pyridine rings is 1. The largest absolute Gasteiger partial charge is 0.318 e. The number of hydrogen-bond donors (Lipinski definition) is 0. The Kier molecular flexibility index (Phi) is 3.32. The minimum absolute atomic E-state index is 0.698.